The van der Waals surface area contributed by atoms with Crippen LogP contribution in [0.3, 0.4) is 0 Å². The molecule has 0 saturated heterocycles. The quantitative estimate of drug-likeness (QED) is 0.555. The minimum absolute atomic E-state index is 0.339. The monoisotopic (exact) mass is 237 g/mol. The highest BCUT2D eigenvalue weighted by Crippen LogP contribution is 2.35. The lowest BCUT2D eigenvalue weighted by Gasteiger charge is -2.30. The van der Waals surface area contributed by atoms with Crippen LogP contribution in [0.15, 0.2) is 0 Å². The lowest BCUT2D eigenvalue weighted by molar-refractivity contribution is -0.149. The molecule has 0 aliphatic heterocycles. The van der Waals surface area contributed by atoms with E-state index in [-0.39, 0.29) is 0 Å². The molecule has 8 heteroatoms. The Labute approximate surface area is 78.9 Å². The Morgan fingerprint density at radius 1 is 1.29 bits per heavy atom. The first-order valence-electron chi connectivity index (χ1n) is 3.59. The molecule has 0 aromatic heterocycles. The molecule has 2 unspecified atom stereocenters. The van der Waals surface area contributed by atoms with Crippen molar-refractivity contribution in [2.75, 3.05) is 0 Å². The van der Waals surface area contributed by atoms with E-state index >= 15 is 0 Å². The van der Waals surface area contributed by atoms with Gasteiger partial charge in [0.05, 0.1) is 6.42 Å². The van der Waals surface area contributed by atoms with Crippen molar-refractivity contribution in [2.24, 2.45) is 5.92 Å². The van der Waals surface area contributed by atoms with Gasteiger partial charge in [-0.05, 0) is 6.92 Å². The zero-order valence-corrected chi connectivity index (χ0v) is 8.25. The van der Waals surface area contributed by atoms with Crippen LogP contribution in [0.2, 0.25) is 0 Å². The molecule has 0 rings (SSSR count). The summed E-state index contributed by atoms with van der Waals surface area (Å²) in [5.74, 6) is -1.93. The van der Waals surface area contributed by atoms with Crippen LogP contribution >= 0.6 is 0 Å². The Hall–Kier alpha value is -0.370. The smallest absolute Gasteiger partial charge is 0.389 e. The molecule has 0 saturated carbocycles. The van der Waals surface area contributed by atoms with Crippen molar-refractivity contribution in [2.45, 2.75) is 31.4 Å². The minimum atomic E-state index is -5.39. The molecule has 0 radical (unpaired) electrons. The molecule has 3 nitrogen and oxygen atoms in total. The Bertz CT molecular complexity index is 293. The third-order valence-corrected chi connectivity index (χ3v) is 3.29. The first-order chi connectivity index (χ1) is 5.88. The van der Waals surface area contributed by atoms with Gasteiger partial charge in [-0.25, -0.2) is 12.8 Å². The first kappa shape index (κ1) is 13.6. The molecule has 0 N–H and O–H groups in total. The molecule has 0 heterocycles. The minimum Gasteiger partial charge on any atom is -0.745 e. The zero-order chi connectivity index (χ0) is 11.8. The third-order valence-electron chi connectivity index (χ3n) is 1.91. The second kappa shape index (κ2) is 3.65. The summed E-state index contributed by atoms with van der Waals surface area (Å²) in [5, 5.41) is -3.40. The highest BCUT2D eigenvalue weighted by molar-refractivity contribution is 7.87. The van der Waals surface area contributed by atoms with Gasteiger partial charge in [-0.15, -0.1) is 0 Å². The van der Waals surface area contributed by atoms with Crippen LogP contribution in [-0.2, 0) is 10.1 Å². The standard InChI is InChI=1S/C6H10F4O3S/c1-4(3-6(8,9)10)5(2,7)14(11,12)13/h4H,3H2,1-2H3,(H,11,12,13)/p-1. The molecule has 0 aromatic carbocycles. The fraction of sp³-hybridized carbons (Fsp3) is 1.00. The van der Waals surface area contributed by atoms with E-state index < -0.39 is 33.6 Å². The van der Waals surface area contributed by atoms with E-state index in [1.165, 1.54) is 0 Å². The van der Waals surface area contributed by atoms with Gasteiger partial charge >= 0.3 is 6.18 Å². The van der Waals surface area contributed by atoms with Crippen molar-refractivity contribution >= 4 is 10.1 Å². The van der Waals surface area contributed by atoms with Crippen molar-refractivity contribution in [3.05, 3.63) is 0 Å². The summed E-state index contributed by atoms with van der Waals surface area (Å²) in [6, 6.07) is 0. The Balaban J connectivity index is 4.79. The Morgan fingerprint density at radius 2 is 1.64 bits per heavy atom. The van der Waals surface area contributed by atoms with Crippen LogP contribution in [0, 0.1) is 5.92 Å². The number of hydrogen-bond donors (Lipinski definition) is 0. The maximum Gasteiger partial charge on any atom is 0.389 e. The van der Waals surface area contributed by atoms with Crippen molar-refractivity contribution in [3.8, 4) is 0 Å². The number of alkyl halides is 4. The summed E-state index contributed by atoms with van der Waals surface area (Å²) < 4.78 is 79.3. The fourth-order valence-electron chi connectivity index (χ4n) is 0.776. The predicted molar refractivity (Wildman–Crippen MR) is 39.0 cm³/mol. The van der Waals surface area contributed by atoms with Crippen LogP contribution in [0.1, 0.15) is 20.3 Å². The predicted octanol–water partition coefficient (Wildman–Crippen LogP) is 1.81. The molecule has 0 aliphatic rings. The van der Waals surface area contributed by atoms with Crippen molar-refractivity contribution in [3.63, 3.8) is 0 Å². The van der Waals surface area contributed by atoms with Gasteiger partial charge in [0.25, 0.3) is 0 Å². The van der Waals surface area contributed by atoms with Gasteiger partial charge in [-0.1, -0.05) is 6.92 Å². The maximum atomic E-state index is 13.1. The Kier molecular flexibility index (Phi) is 3.55. The molecule has 14 heavy (non-hydrogen) atoms. The van der Waals surface area contributed by atoms with Crippen molar-refractivity contribution in [1.29, 1.82) is 0 Å². The molecular formula is C6H9F4O3S-. The van der Waals surface area contributed by atoms with Crippen molar-refractivity contribution in [1.82, 2.24) is 0 Å². The van der Waals surface area contributed by atoms with Crippen LogP contribution in [0.5, 0.6) is 0 Å². The van der Waals surface area contributed by atoms with Gasteiger partial charge in [0.15, 0.2) is 5.00 Å². The molecule has 0 aliphatic carbocycles. The van der Waals surface area contributed by atoms with Crippen LogP contribution in [-0.4, -0.2) is 24.1 Å². The van der Waals surface area contributed by atoms with E-state index in [0.717, 1.165) is 6.92 Å². The second-order valence-corrected chi connectivity index (χ2v) is 4.87. The molecule has 2 atom stereocenters. The lowest BCUT2D eigenvalue weighted by atomic mass is 10.0. The average molecular weight is 237 g/mol. The molecule has 0 spiro atoms. The van der Waals surface area contributed by atoms with E-state index in [1.807, 2.05) is 0 Å². The summed E-state index contributed by atoms with van der Waals surface area (Å²) in [6.45, 7) is 1.06. The summed E-state index contributed by atoms with van der Waals surface area (Å²) in [7, 11) is -5.39. The van der Waals surface area contributed by atoms with Gasteiger partial charge in [0.1, 0.15) is 10.1 Å². The lowest BCUT2D eigenvalue weighted by Crippen LogP contribution is -2.39. The summed E-state index contributed by atoms with van der Waals surface area (Å²) in [6.07, 6.45) is -6.35. The highest BCUT2D eigenvalue weighted by atomic mass is 32.2. The van der Waals surface area contributed by atoms with Gasteiger partial charge < -0.3 is 4.55 Å². The van der Waals surface area contributed by atoms with Gasteiger partial charge in [0.2, 0.25) is 0 Å². The van der Waals surface area contributed by atoms with E-state index in [2.05, 4.69) is 0 Å². The van der Waals surface area contributed by atoms with Crippen LogP contribution < -0.4 is 0 Å². The number of halogens is 4. The normalized spacial score (nSPS) is 20.2. The third kappa shape index (κ3) is 3.41. The zero-order valence-electron chi connectivity index (χ0n) is 7.43. The molecule has 0 aromatic rings. The van der Waals surface area contributed by atoms with Gasteiger partial charge in [0, 0.05) is 5.92 Å². The largest absolute Gasteiger partial charge is 0.745 e. The molecular weight excluding hydrogens is 228 g/mol. The van der Waals surface area contributed by atoms with E-state index in [1.54, 1.807) is 0 Å². The maximum absolute atomic E-state index is 13.1. The number of rotatable bonds is 3. The van der Waals surface area contributed by atoms with Crippen LogP contribution in [0.4, 0.5) is 17.6 Å². The number of hydrogen-bond acceptors (Lipinski definition) is 3. The Morgan fingerprint density at radius 3 is 1.86 bits per heavy atom. The molecule has 0 amide bonds. The summed E-state index contributed by atoms with van der Waals surface area (Å²) in [4.78, 5) is 0. The molecule has 0 bridgehead atoms. The fourth-order valence-corrected chi connectivity index (χ4v) is 1.35. The topological polar surface area (TPSA) is 57.2 Å². The summed E-state index contributed by atoms with van der Waals surface area (Å²) in [5.41, 5.74) is 0. The van der Waals surface area contributed by atoms with Gasteiger partial charge in [-0.2, -0.15) is 13.2 Å². The van der Waals surface area contributed by atoms with E-state index in [4.69, 9.17) is 0 Å². The highest BCUT2D eigenvalue weighted by Gasteiger charge is 2.44. The average Bonchev–Trinajstić information content (AvgIpc) is 1.80. The van der Waals surface area contributed by atoms with E-state index in [0.29, 0.717) is 6.92 Å². The second-order valence-electron chi connectivity index (χ2n) is 3.16. The summed E-state index contributed by atoms with van der Waals surface area (Å²) >= 11 is 0. The van der Waals surface area contributed by atoms with E-state index in [9.17, 15) is 30.5 Å². The van der Waals surface area contributed by atoms with Crippen LogP contribution in [0.25, 0.3) is 0 Å². The van der Waals surface area contributed by atoms with Crippen molar-refractivity contribution < 1.29 is 30.5 Å². The SMILES string of the molecule is CC(CC(F)(F)F)C(C)(F)S(=O)(=O)[O-]. The first-order valence-corrected chi connectivity index (χ1v) is 5.00. The van der Waals surface area contributed by atoms with Gasteiger partial charge in [-0.3, -0.25) is 0 Å². The molecule has 0 fully saturated rings. The molecule has 86 valence electrons.